The van der Waals surface area contributed by atoms with Crippen LogP contribution in [0.3, 0.4) is 0 Å². The maximum absolute atomic E-state index is 13.5. The van der Waals surface area contributed by atoms with E-state index in [0.717, 1.165) is 0 Å². The molecule has 2 N–H and O–H groups in total. The molecule has 0 saturated carbocycles. The lowest BCUT2D eigenvalue weighted by atomic mass is 10.2. The van der Waals surface area contributed by atoms with Crippen LogP contribution in [0.5, 0.6) is 0 Å². The van der Waals surface area contributed by atoms with E-state index in [4.69, 9.17) is 5.11 Å². The third-order valence-electron chi connectivity index (χ3n) is 3.67. The second-order valence-corrected chi connectivity index (χ2v) is 7.60. The fraction of sp³-hybridized carbons (Fsp3) is 0.500. The monoisotopic (exact) mass is 330 g/mol. The Bertz CT molecular complexity index is 663. The van der Waals surface area contributed by atoms with Gasteiger partial charge in [-0.15, -0.1) is 0 Å². The zero-order valence-electron chi connectivity index (χ0n) is 12.3. The summed E-state index contributed by atoms with van der Waals surface area (Å²) < 4.78 is 36.6. The van der Waals surface area contributed by atoms with Gasteiger partial charge in [0.1, 0.15) is 5.82 Å². The van der Waals surface area contributed by atoms with E-state index < -0.39 is 27.7 Å². The number of amides is 2. The van der Waals surface area contributed by atoms with Crippen LogP contribution >= 0.6 is 0 Å². The van der Waals surface area contributed by atoms with E-state index in [-0.39, 0.29) is 30.3 Å². The number of aliphatic hydroxyl groups excluding tert-OH is 1. The molecule has 1 aromatic rings. The van der Waals surface area contributed by atoms with Gasteiger partial charge in [0.15, 0.2) is 9.84 Å². The van der Waals surface area contributed by atoms with Crippen LogP contribution < -0.4 is 5.32 Å². The van der Waals surface area contributed by atoms with E-state index in [1.807, 2.05) is 0 Å². The highest BCUT2D eigenvalue weighted by molar-refractivity contribution is 7.91. The number of hydrogen-bond donors (Lipinski definition) is 2. The Labute approximate surface area is 128 Å². The van der Waals surface area contributed by atoms with Crippen molar-refractivity contribution in [2.24, 2.45) is 0 Å². The van der Waals surface area contributed by atoms with Gasteiger partial charge in [-0.2, -0.15) is 0 Å². The van der Waals surface area contributed by atoms with Gasteiger partial charge in [-0.25, -0.2) is 17.6 Å². The summed E-state index contributed by atoms with van der Waals surface area (Å²) in [5.74, 6) is -0.510. The number of sulfone groups is 1. The van der Waals surface area contributed by atoms with Crippen LogP contribution in [0.4, 0.5) is 14.9 Å². The van der Waals surface area contributed by atoms with Gasteiger partial charge < -0.3 is 15.3 Å². The standard InChI is InChI=1S/C14H19FN2O4S/c1-10-2-3-11(8-13(10)15)16-14(19)17(5-6-18)12-4-7-22(20,21)9-12/h2-3,8,12,18H,4-7,9H2,1H3,(H,16,19). The fourth-order valence-corrected chi connectivity index (χ4v) is 4.18. The van der Waals surface area contributed by atoms with Gasteiger partial charge in [0.2, 0.25) is 0 Å². The van der Waals surface area contributed by atoms with Crippen molar-refractivity contribution in [1.29, 1.82) is 0 Å². The number of nitrogens with zero attached hydrogens (tertiary/aromatic N) is 1. The molecule has 22 heavy (non-hydrogen) atoms. The third-order valence-corrected chi connectivity index (χ3v) is 5.42. The number of urea groups is 1. The van der Waals surface area contributed by atoms with Crippen molar-refractivity contribution in [3.63, 3.8) is 0 Å². The summed E-state index contributed by atoms with van der Waals surface area (Å²) in [4.78, 5) is 13.6. The van der Waals surface area contributed by atoms with Gasteiger partial charge in [-0.1, -0.05) is 6.07 Å². The third kappa shape index (κ3) is 3.95. The average Bonchev–Trinajstić information content (AvgIpc) is 2.80. The molecule has 1 aliphatic rings. The second-order valence-electron chi connectivity index (χ2n) is 5.37. The van der Waals surface area contributed by atoms with Crippen LogP contribution in [0, 0.1) is 12.7 Å². The first-order chi connectivity index (χ1) is 10.3. The lowest BCUT2D eigenvalue weighted by Crippen LogP contribution is -2.45. The molecule has 0 aliphatic carbocycles. The van der Waals surface area contributed by atoms with Crippen LogP contribution in [0.1, 0.15) is 12.0 Å². The Balaban J connectivity index is 2.11. The summed E-state index contributed by atoms with van der Waals surface area (Å²) in [7, 11) is -3.14. The van der Waals surface area contributed by atoms with Crippen LogP contribution in [0.25, 0.3) is 0 Å². The van der Waals surface area contributed by atoms with Crippen molar-refractivity contribution in [2.75, 3.05) is 30.0 Å². The SMILES string of the molecule is Cc1ccc(NC(=O)N(CCO)C2CCS(=O)(=O)C2)cc1F. The molecule has 0 aromatic heterocycles. The Hall–Kier alpha value is -1.67. The highest BCUT2D eigenvalue weighted by Crippen LogP contribution is 2.20. The minimum absolute atomic E-state index is 0.0281. The fourth-order valence-electron chi connectivity index (χ4n) is 2.44. The molecular formula is C14H19FN2O4S. The molecule has 1 aromatic carbocycles. The van der Waals surface area contributed by atoms with E-state index in [1.165, 1.54) is 11.0 Å². The number of anilines is 1. The summed E-state index contributed by atoms with van der Waals surface area (Å²) in [5, 5.41) is 11.6. The maximum Gasteiger partial charge on any atom is 0.322 e. The Morgan fingerprint density at radius 1 is 1.50 bits per heavy atom. The number of carbonyl (C=O) groups excluding carboxylic acids is 1. The first-order valence-electron chi connectivity index (χ1n) is 6.97. The molecule has 1 unspecified atom stereocenters. The summed E-state index contributed by atoms with van der Waals surface area (Å²) in [6.07, 6.45) is 0.345. The van der Waals surface area contributed by atoms with Gasteiger partial charge >= 0.3 is 6.03 Å². The first kappa shape index (κ1) is 16.7. The Morgan fingerprint density at radius 3 is 2.77 bits per heavy atom. The topological polar surface area (TPSA) is 86.7 Å². The molecule has 8 heteroatoms. The highest BCUT2D eigenvalue weighted by atomic mass is 32.2. The second kappa shape index (κ2) is 6.62. The molecule has 1 atom stereocenters. The van der Waals surface area contributed by atoms with Gasteiger partial charge in [0.25, 0.3) is 0 Å². The smallest absolute Gasteiger partial charge is 0.322 e. The molecule has 0 radical (unpaired) electrons. The molecule has 0 spiro atoms. The molecule has 2 rings (SSSR count). The Kier molecular flexibility index (Phi) is 5.02. The summed E-state index contributed by atoms with van der Waals surface area (Å²) >= 11 is 0. The lowest BCUT2D eigenvalue weighted by Gasteiger charge is -2.27. The molecule has 6 nitrogen and oxygen atoms in total. The predicted molar refractivity (Wildman–Crippen MR) is 81.0 cm³/mol. The zero-order chi connectivity index (χ0) is 16.3. The summed E-state index contributed by atoms with van der Waals surface area (Å²) in [6.45, 7) is 1.37. The van der Waals surface area contributed by atoms with Crippen LogP contribution in [0.2, 0.25) is 0 Å². The Morgan fingerprint density at radius 2 is 2.23 bits per heavy atom. The number of aryl methyl sites for hydroxylation is 1. The quantitative estimate of drug-likeness (QED) is 0.867. The van der Waals surface area contributed by atoms with Crippen molar-refractivity contribution >= 4 is 21.6 Å². The molecule has 122 valence electrons. The largest absolute Gasteiger partial charge is 0.395 e. The van der Waals surface area contributed by atoms with Crippen molar-refractivity contribution in [2.45, 2.75) is 19.4 Å². The van der Waals surface area contributed by atoms with Gasteiger partial charge in [0.05, 0.1) is 18.1 Å². The van der Waals surface area contributed by atoms with Crippen molar-refractivity contribution in [3.05, 3.63) is 29.6 Å². The van der Waals surface area contributed by atoms with Gasteiger partial charge in [0, 0.05) is 18.3 Å². The van der Waals surface area contributed by atoms with E-state index in [2.05, 4.69) is 5.32 Å². The minimum atomic E-state index is -3.14. The summed E-state index contributed by atoms with van der Waals surface area (Å²) in [5.41, 5.74) is 0.754. The molecule has 1 fully saturated rings. The number of carbonyl (C=O) groups is 1. The van der Waals surface area contributed by atoms with E-state index in [9.17, 15) is 17.6 Å². The molecule has 0 bridgehead atoms. The normalized spacial score (nSPS) is 19.9. The number of nitrogens with one attached hydrogen (secondary N) is 1. The van der Waals surface area contributed by atoms with Crippen molar-refractivity contribution < 1.29 is 22.7 Å². The van der Waals surface area contributed by atoms with Crippen LogP contribution in [0.15, 0.2) is 18.2 Å². The number of halogens is 1. The molecule has 2 amide bonds. The lowest BCUT2D eigenvalue weighted by molar-refractivity contribution is 0.169. The number of aliphatic hydroxyl groups is 1. The van der Waals surface area contributed by atoms with Crippen LogP contribution in [-0.2, 0) is 9.84 Å². The first-order valence-corrected chi connectivity index (χ1v) is 8.79. The molecule has 1 saturated heterocycles. The molecule has 1 aliphatic heterocycles. The van der Waals surface area contributed by atoms with E-state index >= 15 is 0 Å². The summed E-state index contributed by atoms with van der Waals surface area (Å²) in [6, 6.07) is 3.31. The minimum Gasteiger partial charge on any atom is -0.395 e. The number of benzene rings is 1. The molecular weight excluding hydrogens is 311 g/mol. The van der Waals surface area contributed by atoms with Gasteiger partial charge in [-0.3, -0.25) is 0 Å². The van der Waals surface area contributed by atoms with E-state index in [0.29, 0.717) is 12.0 Å². The predicted octanol–water partition coefficient (Wildman–Crippen LogP) is 1.15. The van der Waals surface area contributed by atoms with Crippen LogP contribution in [-0.4, -0.2) is 55.2 Å². The maximum atomic E-state index is 13.5. The van der Waals surface area contributed by atoms with Crippen molar-refractivity contribution in [3.8, 4) is 0 Å². The average molecular weight is 330 g/mol. The van der Waals surface area contributed by atoms with E-state index in [1.54, 1.807) is 19.1 Å². The molecule has 1 heterocycles. The zero-order valence-corrected chi connectivity index (χ0v) is 13.1. The van der Waals surface area contributed by atoms with Gasteiger partial charge in [-0.05, 0) is 31.0 Å². The number of hydrogen-bond acceptors (Lipinski definition) is 4. The van der Waals surface area contributed by atoms with Crippen molar-refractivity contribution in [1.82, 2.24) is 4.90 Å². The highest BCUT2D eigenvalue weighted by Gasteiger charge is 2.34. The number of rotatable bonds is 4.